The van der Waals surface area contributed by atoms with Gasteiger partial charge in [-0.3, -0.25) is 0 Å². The van der Waals surface area contributed by atoms with E-state index in [-0.39, 0.29) is 13.2 Å². The Balaban J connectivity index is 1.58. The van der Waals surface area contributed by atoms with Crippen LogP contribution in [0.15, 0.2) is 60.7 Å². The summed E-state index contributed by atoms with van der Waals surface area (Å²) in [6.07, 6.45) is 0. The number of rotatable bonds is 5. The van der Waals surface area contributed by atoms with E-state index in [1.165, 1.54) is 0 Å². The topological polar surface area (TPSA) is 64.3 Å². The Labute approximate surface area is 160 Å². The number of hydrogen-bond acceptors (Lipinski definition) is 4. The van der Waals surface area contributed by atoms with Gasteiger partial charge >= 0.3 is 5.97 Å². The van der Waals surface area contributed by atoms with Crippen LogP contribution in [0.3, 0.4) is 0 Å². The number of fused-ring (bicyclic) bond motifs is 2. The van der Waals surface area contributed by atoms with Gasteiger partial charge in [-0.05, 0) is 41.1 Å². The summed E-state index contributed by atoms with van der Waals surface area (Å²) in [6, 6.07) is 18.6. The first-order valence-corrected chi connectivity index (χ1v) is 8.95. The second kappa shape index (κ2) is 7.39. The largest absolute Gasteiger partial charge is 0.454 e. The molecule has 0 saturated carbocycles. The van der Waals surface area contributed by atoms with E-state index in [2.05, 4.69) is 4.98 Å². The van der Waals surface area contributed by atoms with Crippen LogP contribution in [0.25, 0.3) is 21.8 Å². The minimum Gasteiger partial charge on any atom is -0.454 e. The molecule has 3 aromatic carbocycles. The Morgan fingerprint density at radius 3 is 2.70 bits per heavy atom. The number of benzene rings is 3. The van der Waals surface area contributed by atoms with Gasteiger partial charge in [-0.25, -0.2) is 9.78 Å². The highest BCUT2D eigenvalue weighted by atomic mass is 35.5. The summed E-state index contributed by atoms with van der Waals surface area (Å²) in [5.41, 5.74) is 2.03. The van der Waals surface area contributed by atoms with Gasteiger partial charge in [-0.2, -0.15) is 0 Å². The van der Waals surface area contributed by atoms with Crippen molar-refractivity contribution in [2.24, 2.45) is 0 Å². The van der Waals surface area contributed by atoms with Crippen LogP contribution in [-0.4, -0.2) is 27.2 Å². The van der Waals surface area contributed by atoms with Crippen molar-refractivity contribution in [2.45, 2.75) is 13.2 Å². The molecule has 1 N–H and O–H groups in total. The molecule has 0 saturated heterocycles. The van der Waals surface area contributed by atoms with Crippen LogP contribution >= 0.6 is 11.6 Å². The van der Waals surface area contributed by atoms with Crippen LogP contribution in [-0.2, 0) is 17.9 Å². The lowest BCUT2D eigenvalue weighted by atomic mass is 10.1. The number of esters is 1. The highest BCUT2D eigenvalue weighted by Crippen LogP contribution is 2.22. The standard InChI is InChI=1S/C21H17ClN2O3/c22-17-7-8-18-19(12-17)24(9-10-25)20(23-18)13-27-21(26)16-6-5-14-3-1-2-4-15(14)11-16/h1-8,11-12,25H,9-10,13H2. The van der Waals surface area contributed by atoms with Crippen molar-refractivity contribution < 1.29 is 14.6 Å². The molecule has 1 aromatic heterocycles. The normalized spacial score (nSPS) is 11.2. The molecular weight excluding hydrogens is 364 g/mol. The van der Waals surface area contributed by atoms with Gasteiger partial charge in [-0.15, -0.1) is 0 Å². The van der Waals surface area contributed by atoms with Crippen molar-refractivity contribution in [1.29, 1.82) is 0 Å². The van der Waals surface area contributed by atoms with Crippen molar-refractivity contribution in [2.75, 3.05) is 6.61 Å². The first-order valence-electron chi connectivity index (χ1n) is 8.57. The van der Waals surface area contributed by atoms with Crippen molar-refractivity contribution in [3.05, 3.63) is 77.1 Å². The lowest BCUT2D eigenvalue weighted by molar-refractivity contribution is 0.0458. The lowest BCUT2D eigenvalue weighted by Crippen LogP contribution is -2.11. The first kappa shape index (κ1) is 17.5. The molecule has 0 atom stereocenters. The van der Waals surface area contributed by atoms with Crippen LogP contribution in [0.4, 0.5) is 0 Å². The van der Waals surface area contributed by atoms with Gasteiger partial charge in [0.1, 0.15) is 12.4 Å². The van der Waals surface area contributed by atoms with E-state index in [9.17, 15) is 9.90 Å². The molecule has 4 rings (SSSR count). The van der Waals surface area contributed by atoms with Crippen molar-refractivity contribution in [3.8, 4) is 0 Å². The van der Waals surface area contributed by atoms with E-state index >= 15 is 0 Å². The number of aromatic nitrogens is 2. The smallest absolute Gasteiger partial charge is 0.338 e. The van der Waals surface area contributed by atoms with Crippen molar-refractivity contribution in [1.82, 2.24) is 9.55 Å². The van der Waals surface area contributed by atoms with Gasteiger partial charge in [0.25, 0.3) is 0 Å². The molecule has 0 spiro atoms. The third-order valence-electron chi connectivity index (χ3n) is 4.43. The number of imidazole rings is 1. The molecule has 0 aliphatic rings. The van der Waals surface area contributed by atoms with Gasteiger partial charge in [0.15, 0.2) is 0 Å². The van der Waals surface area contributed by atoms with Crippen LogP contribution in [0, 0.1) is 0 Å². The predicted molar refractivity (Wildman–Crippen MR) is 105 cm³/mol. The van der Waals surface area contributed by atoms with Crippen LogP contribution in [0.1, 0.15) is 16.2 Å². The molecule has 0 amide bonds. The maximum Gasteiger partial charge on any atom is 0.338 e. The number of nitrogens with zero attached hydrogens (tertiary/aromatic N) is 2. The fraction of sp³-hybridized carbons (Fsp3) is 0.143. The fourth-order valence-corrected chi connectivity index (χ4v) is 3.30. The number of halogens is 1. The molecule has 5 nitrogen and oxygen atoms in total. The first-order chi connectivity index (χ1) is 13.2. The number of carbonyl (C=O) groups excluding carboxylic acids is 1. The zero-order valence-electron chi connectivity index (χ0n) is 14.4. The Hall–Kier alpha value is -2.89. The van der Waals surface area contributed by atoms with E-state index in [4.69, 9.17) is 16.3 Å². The third kappa shape index (κ3) is 3.52. The van der Waals surface area contributed by atoms with Crippen molar-refractivity contribution >= 4 is 39.4 Å². The molecule has 0 aliphatic heterocycles. The number of aliphatic hydroxyl groups excluding tert-OH is 1. The molecule has 0 aliphatic carbocycles. The summed E-state index contributed by atoms with van der Waals surface area (Å²) in [5.74, 6) is 0.150. The van der Waals surface area contributed by atoms with Crippen molar-refractivity contribution in [3.63, 3.8) is 0 Å². The summed E-state index contributed by atoms with van der Waals surface area (Å²) in [5, 5.41) is 12.0. The summed E-state index contributed by atoms with van der Waals surface area (Å²) < 4.78 is 7.29. The Bertz CT molecular complexity index is 1140. The van der Waals surface area contributed by atoms with Gasteiger partial charge in [-0.1, -0.05) is 41.9 Å². The van der Waals surface area contributed by atoms with E-state index in [0.29, 0.717) is 23.0 Å². The summed E-state index contributed by atoms with van der Waals surface area (Å²) in [6.45, 7) is 0.307. The molecule has 0 fully saturated rings. The summed E-state index contributed by atoms with van der Waals surface area (Å²) in [7, 11) is 0. The van der Waals surface area contributed by atoms with Crippen LogP contribution in [0.5, 0.6) is 0 Å². The Kier molecular flexibility index (Phi) is 4.79. The molecule has 27 heavy (non-hydrogen) atoms. The molecule has 1 heterocycles. The number of ether oxygens (including phenoxy) is 1. The minimum absolute atomic E-state index is 0.0119. The molecule has 4 aromatic rings. The van der Waals surface area contributed by atoms with E-state index in [0.717, 1.165) is 21.8 Å². The van der Waals surface area contributed by atoms with E-state index in [1.807, 2.05) is 41.0 Å². The molecule has 0 bridgehead atoms. The van der Waals surface area contributed by atoms with Crippen LogP contribution < -0.4 is 0 Å². The second-order valence-electron chi connectivity index (χ2n) is 6.17. The van der Waals surface area contributed by atoms with Gasteiger partial charge in [0, 0.05) is 11.6 Å². The second-order valence-corrected chi connectivity index (χ2v) is 6.61. The molecular formula is C21H17ClN2O3. The fourth-order valence-electron chi connectivity index (χ4n) is 3.14. The summed E-state index contributed by atoms with van der Waals surface area (Å²) >= 11 is 6.07. The maximum atomic E-state index is 12.5. The highest BCUT2D eigenvalue weighted by Gasteiger charge is 2.14. The molecule has 6 heteroatoms. The molecule has 136 valence electrons. The Morgan fingerprint density at radius 1 is 1.07 bits per heavy atom. The number of carbonyl (C=O) groups is 1. The van der Waals surface area contributed by atoms with Gasteiger partial charge in [0.2, 0.25) is 0 Å². The van der Waals surface area contributed by atoms with Crippen LogP contribution in [0.2, 0.25) is 5.02 Å². The zero-order valence-corrected chi connectivity index (χ0v) is 15.2. The number of aliphatic hydroxyl groups is 1. The van der Waals surface area contributed by atoms with Gasteiger partial charge < -0.3 is 14.4 Å². The predicted octanol–water partition coefficient (Wildman–Crippen LogP) is 4.19. The highest BCUT2D eigenvalue weighted by molar-refractivity contribution is 6.31. The third-order valence-corrected chi connectivity index (χ3v) is 4.67. The lowest BCUT2D eigenvalue weighted by Gasteiger charge is -2.09. The number of hydrogen-bond donors (Lipinski definition) is 1. The average molecular weight is 381 g/mol. The monoisotopic (exact) mass is 380 g/mol. The SMILES string of the molecule is O=C(OCc1nc2ccc(Cl)cc2n1CCO)c1ccc2ccccc2c1. The zero-order chi connectivity index (χ0) is 18.8. The summed E-state index contributed by atoms with van der Waals surface area (Å²) in [4.78, 5) is 17.0. The maximum absolute atomic E-state index is 12.5. The quantitative estimate of drug-likeness (QED) is 0.527. The average Bonchev–Trinajstić information content (AvgIpc) is 3.03. The minimum atomic E-state index is -0.415. The molecule has 0 radical (unpaired) electrons. The molecule has 0 unspecified atom stereocenters. The van der Waals surface area contributed by atoms with E-state index in [1.54, 1.807) is 24.3 Å². The van der Waals surface area contributed by atoms with E-state index < -0.39 is 5.97 Å². The van der Waals surface area contributed by atoms with Gasteiger partial charge in [0.05, 0.1) is 23.2 Å². The Morgan fingerprint density at radius 2 is 1.89 bits per heavy atom.